The topological polar surface area (TPSA) is 154 Å². The second-order valence-corrected chi connectivity index (χ2v) is 5.67. The SMILES string of the molecule is CCNC(=O)CC[C@H](N)C(=O)O.Cn1c(=O)c2c(ncn2C)n(C)c1=O. The predicted molar refractivity (Wildman–Crippen MR) is 94.7 cm³/mol. The second-order valence-electron chi connectivity index (χ2n) is 5.67. The van der Waals surface area contributed by atoms with Gasteiger partial charge >= 0.3 is 11.7 Å². The molecule has 0 aliphatic carbocycles. The molecule has 2 aromatic rings. The quantitative estimate of drug-likeness (QED) is 0.567. The van der Waals surface area contributed by atoms with Crippen LogP contribution in [0.1, 0.15) is 19.8 Å². The molecule has 0 bridgehead atoms. The van der Waals surface area contributed by atoms with E-state index in [0.717, 1.165) is 4.57 Å². The number of amides is 1. The molecular formula is C15H24N6O5. The molecule has 0 aromatic carbocycles. The van der Waals surface area contributed by atoms with Gasteiger partial charge in [0.25, 0.3) is 5.56 Å². The Morgan fingerprint density at radius 3 is 2.42 bits per heavy atom. The van der Waals surface area contributed by atoms with Crippen molar-refractivity contribution in [3.63, 3.8) is 0 Å². The molecular weight excluding hydrogens is 344 g/mol. The lowest BCUT2D eigenvalue weighted by atomic mass is 10.1. The van der Waals surface area contributed by atoms with Gasteiger partial charge in [-0.15, -0.1) is 0 Å². The van der Waals surface area contributed by atoms with Crippen molar-refractivity contribution in [2.75, 3.05) is 6.54 Å². The molecule has 0 fully saturated rings. The van der Waals surface area contributed by atoms with E-state index < -0.39 is 12.0 Å². The number of carbonyl (C=O) groups excluding carboxylic acids is 1. The molecule has 1 amide bonds. The lowest BCUT2D eigenvalue weighted by Crippen LogP contribution is -2.37. The highest BCUT2D eigenvalue weighted by molar-refractivity contribution is 5.78. The average Bonchev–Trinajstić information content (AvgIpc) is 2.98. The largest absolute Gasteiger partial charge is 0.480 e. The van der Waals surface area contributed by atoms with Gasteiger partial charge in [0.05, 0.1) is 6.33 Å². The van der Waals surface area contributed by atoms with E-state index in [1.807, 2.05) is 0 Å². The summed E-state index contributed by atoms with van der Waals surface area (Å²) in [6.45, 7) is 2.36. The Labute approximate surface area is 149 Å². The van der Waals surface area contributed by atoms with E-state index in [1.54, 1.807) is 25.6 Å². The highest BCUT2D eigenvalue weighted by Gasteiger charge is 2.13. The molecule has 0 aliphatic heterocycles. The first-order valence-corrected chi connectivity index (χ1v) is 7.93. The molecule has 0 aliphatic rings. The number of imidazole rings is 1. The smallest absolute Gasteiger partial charge is 0.332 e. The number of aromatic nitrogens is 4. The van der Waals surface area contributed by atoms with Gasteiger partial charge in [-0.1, -0.05) is 0 Å². The van der Waals surface area contributed by atoms with E-state index in [9.17, 15) is 19.2 Å². The van der Waals surface area contributed by atoms with Crippen LogP contribution in [0.3, 0.4) is 0 Å². The number of nitrogens with one attached hydrogen (secondary N) is 1. The fraction of sp³-hybridized carbons (Fsp3) is 0.533. The van der Waals surface area contributed by atoms with E-state index in [4.69, 9.17) is 10.8 Å². The minimum Gasteiger partial charge on any atom is -0.480 e. The van der Waals surface area contributed by atoms with Crippen molar-refractivity contribution < 1.29 is 14.7 Å². The van der Waals surface area contributed by atoms with Gasteiger partial charge in [0.2, 0.25) is 5.91 Å². The number of hydrogen-bond donors (Lipinski definition) is 3. The minimum atomic E-state index is -1.07. The van der Waals surface area contributed by atoms with Gasteiger partial charge in [0.15, 0.2) is 11.2 Å². The Balaban J connectivity index is 0.000000265. The normalized spacial score (nSPS) is 11.6. The molecule has 4 N–H and O–H groups in total. The maximum absolute atomic E-state index is 11.7. The van der Waals surface area contributed by atoms with Gasteiger partial charge < -0.3 is 20.7 Å². The van der Waals surface area contributed by atoms with Crippen molar-refractivity contribution in [1.82, 2.24) is 24.0 Å². The summed E-state index contributed by atoms with van der Waals surface area (Å²) in [6.07, 6.45) is 1.87. The number of rotatable bonds is 5. The summed E-state index contributed by atoms with van der Waals surface area (Å²) in [5.41, 5.74) is 5.36. The third-order valence-corrected chi connectivity index (χ3v) is 3.69. The predicted octanol–water partition coefficient (Wildman–Crippen LogP) is -1.71. The first-order valence-electron chi connectivity index (χ1n) is 7.93. The number of carboxylic acid groups (broad SMARTS) is 1. The van der Waals surface area contributed by atoms with E-state index in [1.165, 1.54) is 17.9 Å². The van der Waals surface area contributed by atoms with Gasteiger partial charge in [0, 0.05) is 34.1 Å². The molecule has 1 atom stereocenters. The van der Waals surface area contributed by atoms with Crippen LogP contribution < -0.4 is 22.3 Å². The van der Waals surface area contributed by atoms with E-state index in [-0.39, 0.29) is 30.0 Å². The molecule has 11 heteroatoms. The number of carbonyl (C=O) groups is 2. The third-order valence-electron chi connectivity index (χ3n) is 3.69. The van der Waals surface area contributed by atoms with Crippen LogP contribution in [-0.4, -0.2) is 48.3 Å². The Kier molecular flexibility index (Phi) is 7.26. The van der Waals surface area contributed by atoms with E-state index in [0.29, 0.717) is 17.7 Å². The number of nitrogens with two attached hydrogens (primary N) is 1. The number of aliphatic carboxylic acids is 1. The molecule has 0 saturated carbocycles. The highest BCUT2D eigenvalue weighted by atomic mass is 16.4. The zero-order valence-corrected chi connectivity index (χ0v) is 15.2. The summed E-state index contributed by atoms with van der Waals surface area (Å²) in [5.74, 6) is -1.23. The molecule has 144 valence electrons. The maximum atomic E-state index is 11.7. The Bertz CT molecular complexity index is 910. The van der Waals surface area contributed by atoms with Gasteiger partial charge in [-0.3, -0.25) is 23.5 Å². The van der Waals surface area contributed by atoms with Crippen LogP contribution in [0.4, 0.5) is 0 Å². The van der Waals surface area contributed by atoms with Gasteiger partial charge in [0.1, 0.15) is 6.04 Å². The fourth-order valence-corrected chi connectivity index (χ4v) is 2.17. The van der Waals surface area contributed by atoms with Crippen molar-refractivity contribution in [1.29, 1.82) is 0 Å². The van der Waals surface area contributed by atoms with Crippen molar-refractivity contribution in [2.45, 2.75) is 25.8 Å². The first kappa shape index (κ1) is 21.1. The molecule has 26 heavy (non-hydrogen) atoms. The van der Waals surface area contributed by atoms with Crippen LogP contribution in [-0.2, 0) is 30.7 Å². The van der Waals surface area contributed by atoms with Crippen LogP contribution in [0.15, 0.2) is 15.9 Å². The molecule has 0 saturated heterocycles. The van der Waals surface area contributed by atoms with Crippen molar-refractivity contribution in [3.8, 4) is 0 Å². The lowest BCUT2D eigenvalue weighted by molar-refractivity contribution is -0.138. The summed E-state index contributed by atoms with van der Waals surface area (Å²) in [5, 5.41) is 10.9. The highest BCUT2D eigenvalue weighted by Crippen LogP contribution is 2.01. The van der Waals surface area contributed by atoms with Crippen molar-refractivity contribution >= 4 is 23.0 Å². The van der Waals surface area contributed by atoms with Crippen LogP contribution in [0.2, 0.25) is 0 Å². The average molecular weight is 368 g/mol. The number of nitrogens with zero attached hydrogens (tertiary/aromatic N) is 4. The molecule has 2 aromatic heterocycles. The summed E-state index contributed by atoms with van der Waals surface area (Å²) in [4.78, 5) is 48.2. The Morgan fingerprint density at radius 1 is 1.27 bits per heavy atom. The zero-order chi connectivity index (χ0) is 20.0. The molecule has 0 unspecified atom stereocenters. The maximum Gasteiger partial charge on any atom is 0.332 e. The van der Waals surface area contributed by atoms with Crippen LogP contribution in [0.5, 0.6) is 0 Å². The van der Waals surface area contributed by atoms with Crippen molar-refractivity contribution in [3.05, 3.63) is 27.2 Å². The lowest BCUT2D eigenvalue weighted by Gasteiger charge is -2.05. The van der Waals surface area contributed by atoms with Crippen LogP contribution >= 0.6 is 0 Å². The number of aryl methyl sites for hydroxylation is 2. The standard InChI is InChI=1S/C8H10N4O2.C7H14N2O3/c1-10-4-9-6-5(10)7(13)12(3)8(14)11(6)2;1-2-9-6(10)4-3-5(8)7(11)12/h4H,1-3H3;5H,2-4,8H2,1H3,(H,9,10)(H,11,12)/t;5-/m.0/s1. The Morgan fingerprint density at radius 2 is 1.88 bits per heavy atom. The molecule has 2 rings (SSSR count). The fourth-order valence-electron chi connectivity index (χ4n) is 2.17. The van der Waals surface area contributed by atoms with Gasteiger partial charge in [-0.25, -0.2) is 9.78 Å². The molecule has 11 nitrogen and oxygen atoms in total. The van der Waals surface area contributed by atoms with Gasteiger partial charge in [-0.05, 0) is 13.3 Å². The van der Waals surface area contributed by atoms with Gasteiger partial charge in [-0.2, -0.15) is 0 Å². The number of fused-ring (bicyclic) bond motifs is 1. The van der Waals surface area contributed by atoms with Crippen molar-refractivity contribution in [2.24, 2.45) is 26.9 Å². The summed E-state index contributed by atoms with van der Waals surface area (Å²) in [7, 11) is 4.77. The summed E-state index contributed by atoms with van der Waals surface area (Å²) >= 11 is 0. The molecule has 2 heterocycles. The summed E-state index contributed by atoms with van der Waals surface area (Å²) in [6, 6.07) is -0.937. The monoisotopic (exact) mass is 368 g/mol. The minimum absolute atomic E-state index is 0.158. The Hall–Kier alpha value is -2.95. The van der Waals surface area contributed by atoms with E-state index >= 15 is 0 Å². The van der Waals surface area contributed by atoms with E-state index in [2.05, 4.69) is 10.3 Å². The summed E-state index contributed by atoms with van der Waals surface area (Å²) < 4.78 is 4.04. The second kappa shape index (κ2) is 8.94. The third kappa shape index (κ3) is 4.79. The zero-order valence-electron chi connectivity index (χ0n) is 15.2. The number of carboxylic acids is 1. The van der Waals surface area contributed by atoms with Crippen LogP contribution in [0.25, 0.3) is 11.2 Å². The molecule has 0 spiro atoms. The molecule has 0 radical (unpaired) electrons. The first-order chi connectivity index (χ1) is 12.1. The number of hydrogen-bond acceptors (Lipinski definition) is 6. The van der Waals surface area contributed by atoms with Crippen LogP contribution in [0, 0.1) is 0 Å².